The van der Waals surface area contributed by atoms with Crippen LogP contribution in [0.5, 0.6) is 0 Å². The van der Waals surface area contributed by atoms with Gasteiger partial charge in [0.1, 0.15) is 5.69 Å². The summed E-state index contributed by atoms with van der Waals surface area (Å²) >= 11 is 0. The van der Waals surface area contributed by atoms with Gasteiger partial charge < -0.3 is 20.2 Å². The molecular formula is C18H26N6O3. The Labute approximate surface area is 157 Å². The first kappa shape index (κ1) is 18.9. The van der Waals surface area contributed by atoms with E-state index in [2.05, 4.69) is 27.3 Å². The van der Waals surface area contributed by atoms with Crippen LogP contribution in [0.3, 0.4) is 0 Å². The van der Waals surface area contributed by atoms with Gasteiger partial charge in [-0.25, -0.2) is 4.79 Å². The Morgan fingerprint density at radius 1 is 1.33 bits per heavy atom. The summed E-state index contributed by atoms with van der Waals surface area (Å²) in [6, 6.07) is 0. The van der Waals surface area contributed by atoms with E-state index in [-0.39, 0.29) is 17.5 Å². The van der Waals surface area contributed by atoms with Gasteiger partial charge in [-0.3, -0.25) is 14.3 Å². The fourth-order valence-electron chi connectivity index (χ4n) is 3.51. The molecule has 9 heteroatoms. The molecule has 1 aliphatic rings. The minimum Gasteiger partial charge on any atom is -0.344 e. The molecule has 2 aromatic rings. The molecule has 0 saturated carbocycles. The van der Waals surface area contributed by atoms with Crippen LogP contribution in [0.25, 0.3) is 0 Å². The monoisotopic (exact) mass is 374 g/mol. The largest absolute Gasteiger partial charge is 0.344 e. The van der Waals surface area contributed by atoms with Crippen molar-refractivity contribution < 1.29 is 9.59 Å². The molecule has 0 bridgehead atoms. The normalized spacial score (nSPS) is 19.5. The summed E-state index contributed by atoms with van der Waals surface area (Å²) in [5, 5.41) is 7.35. The summed E-state index contributed by atoms with van der Waals surface area (Å²) in [7, 11) is 0. The van der Waals surface area contributed by atoms with E-state index in [1.54, 1.807) is 22.7 Å². The predicted octanol–water partition coefficient (Wildman–Crippen LogP) is 0.961. The van der Waals surface area contributed by atoms with Gasteiger partial charge in [-0.2, -0.15) is 5.10 Å². The second-order valence-corrected chi connectivity index (χ2v) is 7.46. The van der Waals surface area contributed by atoms with Gasteiger partial charge in [0.05, 0.1) is 16.8 Å². The number of aromatic nitrogens is 4. The lowest BCUT2D eigenvalue weighted by molar-refractivity contribution is 0.0767. The molecule has 1 aliphatic heterocycles. The van der Waals surface area contributed by atoms with Gasteiger partial charge in [0, 0.05) is 31.5 Å². The summed E-state index contributed by atoms with van der Waals surface area (Å²) in [6.07, 6.45) is 3.38. The summed E-state index contributed by atoms with van der Waals surface area (Å²) < 4.78 is 1.80. The van der Waals surface area contributed by atoms with Crippen LogP contribution >= 0.6 is 0 Å². The Balaban J connectivity index is 1.70. The molecule has 1 unspecified atom stereocenters. The molecule has 2 amide bonds. The van der Waals surface area contributed by atoms with E-state index >= 15 is 0 Å². The van der Waals surface area contributed by atoms with E-state index in [1.807, 2.05) is 13.8 Å². The molecule has 1 saturated heterocycles. The first-order valence-corrected chi connectivity index (χ1v) is 9.17. The van der Waals surface area contributed by atoms with Crippen molar-refractivity contribution in [2.45, 2.75) is 52.6 Å². The second kappa shape index (κ2) is 7.05. The zero-order valence-corrected chi connectivity index (χ0v) is 16.2. The van der Waals surface area contributed by atoms with Gasteiger partial charge in [0.15, 0.2) is 0 Å². The van der Waals surface area contributed by atoms with Crippen molar-refractivity contribution in [1.29, 1.82) is 0 Å². The van der Waals surface area contributed by atoms with Crippen LogP contribution in [0.15, 0.2) is 11.0 Å². The van der Waals surface area contributed by atoms with Gasteiger partial charge in [-0.1, -0.05) is 6.92 Å². The molecule has 0 aliphatic carbocycles. The molecule has 0 aromatic carbocycles. The number of likely N-dealkylation sites (tertiary alicyclic amines) is 1. The maximum Gasteiger partial charge on any atom is 0.323 e. The summed E-state index contributed by atoms with van der Waals surface area (Å²) in [5.41, 5.74) is 1.07. The molecule has 9 nitrogen and oxygen atoms in total. The van der Waals surface area contributed by atoms with Crippen LogP contribution in [0.1, 0.15) is 58.9 Å². The number of nitrogens with zero attached hydrogens (tertiary/aromatic N) is 3. The number of carbonyl (C=O) groups excluding carboxylic acids is 2. The average molecular weight is 374 g/mol. The maximum absolute atomic E-state index is 12.9. The Hall–Kier alpha value is -2.84. The molecule has 0 spiro atoms. The molecule has 3 rings (SSSR count). The highest BCUT2D eigenvalue weighted by molar-refractivity contribution is 5.96. The van der Waals surface area contributed by atoms with E-state index in [1.165, 1.54) is 0 Å². The summed E-state index contributed by atoms with van der Waals surface area (Å²) in [6.45, 7) is 9.20. The lowest BCUT2D eigenvalue weighted by atomic mass is 10.0. The van der Waals surface area contributed by atoms with Gasteiger partial charge in [0.2, 0.25) is 0 Å². The summed E-state index contributed by atoms with van der Waals surface area (Å²) in [5.74, 6) is -0.423. The number of nitrogens with one attached hydrogen (secondary N) is 3. The van der Waals surface area contributed by atoms with Crippen molar-refractivity contribution in [3.63, 3.8) is 0 Å². The highest BCUT2D eigenvalue weighted by atomic mass is 16.2. The molecule has 1 atom stereocenters. The quantitative estimate of drug-likeness (QED) is 0.723. The average Bonchev–Trinajstić information content (AvgIpc) is 3.25. The molecule has 3 heterocycles. The third-order valence-electron chi connectivity index (χ3n) is 4.95. The molecular weight excluding hydrogens is 348 g/mol. The van der Waals surface area contributed by atoms with Crippen LogP contribution in [-0.2, 0) is 6.54 Å². The number of imidazole rings is 1. The van der Waals surface area contributed by atoms with E-state index in [9.17, 15) is 14.4 Å². The minimum atomic E-state index is -0.555. The van der Waals surface area contributed by atoms with Crippen LogP contribution in [0.4, 0.5) is 0 Å². The van der Waals surface area contributed by atoms with Crippen molar-refractivity contribution in [2.24, 2.45) is 0 Å². The number of aromatic amines is 2. The topological polar surface area (TPSA) is 116 Å². The number of hydrogen-bond donors (Lipinski definition) is 3. The van der Waals surface area contributed by atoms with Crippen LogP contribution in [0, 0.1) is 13.8 Å². The molecule has 146 valence electrons. The van der Waals surface area contributed by atoms with E-state index in [4.69, 9.17) is 0 Å². The third-order valence-corrected chi connectivity index (χ3v) is 4.95. The van der Waals surface area contributed by atoms with Gasteiger partial charge >= 0.3 is 5.69 Å². The lowest BCUT2D eigenvalue weighted by Gasteiger charge is -2.26. The predicted molar refractivity (Wildman–Crippen MR) is 99.8 cm³/mol. The smallest absolute Gasteiger partial charge is 0.323 e. The number of H-pyrrole nitrogens is 2. The van der Waals surface area contributed by atoms with Crippen LogP contribution in [0.2, 0.25) is 0 Å². The minimum absolute atomic E-state index is 0.0703. The highest BCUT2D eigenvalue weighted by Crippen LogP contribution is 2.24. The van der Waals surface area contributed by atoms with Gasteiger partial charge in [0.25, 0.3) is 11.8 Å². The highest BCUT2D eigenvalue weighted by Gasteiger charge is 2.38. The van der Waals surface area contributed by atoms with Crippen molar-refractivity contribution >= 4 is 11.8 Å². The molecule has 0 radical (unpaired) electrons. The number of carbonyl (C=O) groups is 2. The zero-order valence-electron chi connectivity index (χ0n) is 16.2. The SMILES string of the molecule is CCCn1cc(C(=O)N2CCC(C)(NC(=O)c3[nH]c(=O)[nH]c3C)C2)c(C)n1. The van der Waals surface area contributed by atoms with Gasteiger partial charge in [-0.15, -0.1) is 0 Å². The molecule has 3 N–H and O–H groups in total. The van der Waals surface area contributed by atoms with Crippen molar-refractivity contribution in [1.82, 2.24) is 30.0 Å². The standard InChI is InChI=1S/C18H26N6O3/c1-5-7-24-9-13(11(2)22-24)16(26)23-8-6-18(4,10-23)21-15(25)14-12(3)19-17(27)20-14/h9H,5-8,10H2,1-4H3,(H,21,25)(H2,19,20,27). The third kappa shape index (κ3) is 3.81. The number of hydrogen-bond acceptors (Lipinski definition) is 4. The Kier molecular flexibility index (Phi) is 4.95. The van der Waals surface area contributed by atoms with Gasteiger partial charge in [-0.05, 0) is 33.6 Å². The lowest BCUT2D eigenvalue weighted by Crippen LogP contribution is -2.48. The van der Waals surface area contributed by atoms with E-state index < -0.39 is 11.2 Å². The van der Waals surface area contributed by atoms with Crippen molar-refractivity contribution in [3.05, 3.63) is 39.3 Å². The maximum atomic E-state index is 12.9. The summed E-state index contributed by atoms with van der Waals surface area (Å²) in [4.78, 5) is 43.5. The second-order valence-electron chi connectivity index (χ2n) is 7.46. The van der Waals surface area contributed by atoms with Crippen molar-refractivity contribution in [3.8, 4) is 0 Å². The van der Waals surface area contributed by atoms with Crippen LogP contribution < -0.4 is 11.0 Å². The number of aryl methyl sites for hydroxylation is 3. The molecule has 1 fully saturated rings. The zero-order chi connectivity index (χ0) is 19.8. The first-order chi connectivity index (χ1) is 12.7. The van der Waals surface area contributed by atoms with E-state index in [0.29, 0.717) is 36.5 Å². The first-order valence-electron chi connectivity index (χ1n) is 9.17. The number of rotatable bonds is 5. The Morgan fingerprint density at radius 2 is 2.07 bits per heavy atom. The fourth-order valence-corrected chi connectivity index (χ4v) is 3.51. The van der Waals surface area contributed by atoms with Crippen molar-refractivity contribution in [2.75, 3.05) is 13.1 Å². The molecule has 2 aromatic heterocycles. The Bertz CT molecular complexity index is 924. The van der Waals surface area contributed by atoms with Crippen LogP contribution in [-0.4, -0.2) is 55.1 Å². The molecule has 27 heavy (non-hydrogen) atoms. The fraction of sp³-hybridized carbons (Fsp3) is 0.556. The number of amides is 2. The van der Waals surface area contributed by atoms with E-state index in [0.717, 1.165) is 13.0 Å². The Morgan fingerprint density at radius 3 is 2.70 bits per heavy atom.